The second kappa shape index (κ2) is 9.71. The van der Waals surface area contributed by atoms with E-state index in [4.69, 9.17) is 5.73 Å². The van der Waals surface area contributed by atoms with Crippen molar-refractivity contribution in [3.8, 4) is 0 Å². The summed E-state index contributed by atoms with van der Waals surface area (Å²) < 4.78 is 0. The molecule has 2 aromatic rings. The quantitative estimate of drug-likeness (QED) is 0.785. The molecule has 2 unspecified atom stereocenters. The van der Waals surface area contributed by atoms with Crippen LogP contribution in [0.4, 0.5) is 0 Å². The predicted molar refractivity (Wildman–Crippen MR) is 120 cm³/mol. The lowest BCUT2D eigenvalue weighted by molar-refractivity contribution is -0.119. The third-order valence-electron chi connectivity index (χ3n) is 6.07. The zero-order valence-electron chi connectivity index (χ0n) is 17.5. The topological polar surface area (TPSA) is 79.5 Å². The molecule has 1 aliphatic heterocycles. The van der Waals surface area contributed by atoms with Crippen LogP contribution >= 0.6 is 0 Å². The van der Waals surface area contributed by atoms with Crippen LogP contribution in [0.3, 0.4) is 0 Å². The molecule has 6 nitrogen and oxygen atoms in total. The Morgan fingerprint density at radius 3 is 2.61 bits per heavy atom. The molecule has 0 spiro atoms. The van der Waals surface area contributed by atoms with Crippen LogP contribution in [-0.4, -0.2) is 52.3 Å². The molecule has 1 fully saturated rings. The van der Waals surface area contributed by atoms with E-state index in [-0.39, 0.29) is 24.4 Å². The highest BCUT2D eigenvalue weighted by Crippen LogP contribution is 2.35. The summed E-state index contributed by atoms with van der Waals surface area (Å²) in [6.07, 6.45) is 13.0. The minimum atomic E-state index is -0.396. The number of aromatic nitrogens is 1. The van der Waals surface area contributed by atoms with Gasteiger partial charge >= 0.3 is 0 Å². The van der Waals surface area contributed by atoms with Crippen molar-refractivity contribution in [1.82, 2.24) is 14.8 Å². The van der Waals surface area contributed by atoms with Gasteiger partial charge in [-0.3, -0.25) is 19.5 Å². The standard InChI is InChI=1S/C25H28N4O2/c26-23(30)16-22-18-28(14-15-29(22)25(31)21-12-7-13-27-17-21)24(19-8-3-1-4-9-19)20-10-5-2-6-11-20/h1-10,12-13,17,20,22,24H,11,14-16,18H2,(H2,26,30)/t20?,22-,24?/m0/s1. The summed E-state index contributed by atoms with van der Waals surface area (Å²) in [7, 11) is 0. The fraction of sp³-hybridized carbons (Fsp3) is 0.320. The molecule has 31 heavy (non-hydrogen) atoms. The second-order valence-electron chi connectivity index (χ2n) is 8.13. The Morgan fingerprint density at radius 2 is 1.94 bits per heavy atom. The Kier molecular flexibility index (Phi) is 6.57. The van der Waals surface area contributed by atoms with Gasteiger partial charge in [0.05, 0.1) is 11.6 Å². The molecule has 2 heterocycles. The van der Waals surface area contributed by atoms with E-state index in [1.54, 1.807) is 29.4 Å². The number of hydrogen-bond donors (Lipinski definition) is 1. The van der Waals surface area contributed by atoms with Crippen molar-refractivity contribution in [3.05, 3.63) is 90.3 Å². The van der Waals surface area contributed by atoms with Crippen molar-refractivity contribution in [2.24, 2.45) is 11.7 Å². The first-order valence-corrected chi connectivity index (χ1v) is 10.7. The third kappa shape index (κ3) is 4.91. The van der Waals surface area contributed by atoms with Crippen LogP contribution in [0.1, 0.15) is 34.8 Å². The van der Waals surface area contributed by atoms with Gasteiger partial charge in [-0.05, 0) is 24.1 Å². The van der Waals surface area contributed by atoms with E-state index in [1.807, 2.05) is 6.07 Å². The number of nitrogens with zero attached hydrogens (tertiary/aromatic N) is 3. The van der Waals surface area contributed by atoms with Crippen molar-refractivity contribution < 1.29 is 9.59 Å². The van der Waals surface area contributed by atoms with Gasteiger partial charge in [0.25, 0.3) is 5.91 Å². The Balaban J connectivity index is 1.60. The molecule has 0 radical (unpaired) electrons. The summed E-state index contributed by atoms with van der Waals surface area (Å²) in [5.41, 5.74) is 7.35. The maximum atomic E-state index is 13.1. The zero-order chi connectivity index (χ0) is 21.6. The molecule has 3 atom stereocenters. The Morgan fingerprint density at radius 1 is 1.10 bits per heavy atom. The number of allylic oxidation sites excluding steroid dienone is 3. The van der Waals surface area contributed by atoms with Gasteiger partial charge in [0.1, 0.15) is 0 Å². The highest BCUT2D eigenvalue weighted by Gasteiger charge is 2.37. The van der Waals surface area contributed by atoms with E-state index in [0.29, 0.717) is 24.6 Å². The van der Waals surface area contributed by atoms with Gasteiger partial charge in [-0.15, -0.1) is 0 Å². The molecule has 1 saturated heterocycles. The SMILES string of the molecule is NC(=O)C[C@H]1CN(C(c2ccccc2)C2C=CC=CC2)CCN1C(=O)c1cccnc1. The molecule has 0 bridgehead atoms. The summed E-state index contributed by atoms with van der Waals surface area (Å²) in [4.78, 5) is 33.3. The largest absolute Gasteiger partial charge is 0.370 e. The van der Waals surface area contributed by atoms with Gasteiger partial charge < -0.3 is 10.6 Å². The number of carbonyl (C=O) groups excluding carboxylic acids is 2. The number of primary amides is 1. The van der Waals surface area contributed by atoms with Gasteiger partial charge in [-0.25, -0.2) is 0 Å². The maximum Gasteiger partial charge on any atom is 0.255 e. The van der Waals surface area contributed by atoms with E-state index in [2.05, 4.69) is 58.5 Å². The lowest BCUT2D eigenvalue weighted by Gasteiger charge is -2.46. The van der Waals surface area contributed by atoms with Crippen LogP contribution in [0.25, 0.3) is 0 Å². The average Bonchev–Trinajstić information content (AvgIpc) is 2.81. The van der Waals surface area contributed by atoms with Crippen molar-refractivity contribution in [1.29, 1.82) is 0 Å². The molecule has 1 aromatic carbocycles. The zero-order valence-corrected chi connectivity index (χ0v) is 17.5. The minimum absolute atomic E-state index is 0.101. The molecule has 1 aromatic heterocycles. The van der Waals surface area contributed by atoms with E-state index in [1.165, 1.54) is 5.56 Å². The number of carbonyl (C=O) groups is 2. The number of rotatable bonds is 6. The molecular formula is C25H28N4O2. The van der Waals surface area contributed by atoms with E-state index in [0.717, 1.165) is 13.0 Å². The maximum absolute atomic E-state index is 13.1. The molecule has 2 N–H and O–H groups in total. The first kappa shape index (κ1) is 21.0. The normalized spacial score (nSPS) is 22.3. The minimum Gasteiger partial charge on any atom is -0.370 e. The van der Waals surface area contributed by atoms with Gasteiger partial charge in [0.15, 0.2) is 0 Å². The van der Waals surface area contributed by atoms with E-state index in [9.17, 15) is 9.59 Å². The molecule has 2 aliphatic rings. The van der Waals surface area contributed by atoms with Crippen LogP contribution in [-0.2, 0) is 4.79 Å². The van der Waals surface area contributed by atoms with Gasteiger partial charge in [-0.1, -0.05) is 54.6 Å². The van der Waals surface area contributed by atoms with Crippen LogP contribution < -0.4 is 5.73 Å². The third-order valence-corrected chi connectivity index (χ3v) is 6.07. The highest BCUT2D eigenvalue weighted by atomic mass is 16.2. The number of pyridine rings is 1. The molecule has 0 saturated carbocycles. The summed E-state index contributed by atoms with van der Waals surface area (Å²) in [5.74, 6) is -0.162. The first-order chi connectivity index (χ1) is 15.1. The number of nitrogens with two attached hydrogens (primary N) is 1. The Labute approximate surface area is 183 Å². The monoisotopic (exact) mass is 416 g/mol. The summed E-state index contributed by atoms with van der Waals surface area (Å²) in [6.45, 7) is 1.87. The smallest absolute Gasteiger partial charge is 0.255 e. The van der Waals surface area contributed by atoms with Crippen LogP contribution in [0.2, 0.25) is 0 Å². The van der Waals surface area contributed by atoms with Crippen molar-refractivity contribution >= 4 is 11.8 Å². The Bertz CT molecular complexity index is 958. The second-order valence-corrected chi connectivity index (χ2v) is 8.13. The van der Waals surface area contributed by atoms with Crippen molar-refractivity contribution in [3.63, 3.8) is 0 Å². The van der Waals surface area contributed by atoms with E-state index < -0.39 is 5.91 Å². The highest BCUT2D eigenvalue weighted by molar-refractivity contribution is 5.94. The van der Waals surface area contributed by atoms with Crippen LogP contribution in [0.15, 0.2) is 79.2 Å². The van der Waals surface area contributed by atoms with Crippen molar-refractivity contribution in [2.75, 3.05) is 19.6 Å². The van der Waals surface area contributed by atoms with Gasteiger partial charge in [0.2, 0.25) is 5.91 Å². The number of hydrogen-bond acceptors (Lipinski definition) is 4. The lowest BCUT2D eigenvalue weighted by atomic mass is 9.86. The number of piperazine rings is 1. The number of benzene rings is 1. The molecule has 2 amide bonds. The van der Waals surface area contributed by atoms with E-state index >= 15 is 0 Å². The molecule has 1 aliphatic carbocycles. The van der Waals surface area contributed by atoms with Crippen molar-refractivity contribution in [2.45, 2.75) is 24.9 Å². The predicted octanol–water partition coefficient (Wildman–Crippen LogP) is 2.96. The van der Waals surface area contributed by atoms with Crippen LogP contribution in [0.5, 0.6) is 0 Å². The molecular weight excluding hydrogens is 388 g/mol. The molecule has 4 rings (SSSR count). The summed E-state index contributed by atoms with van der Waals surface area (Å²) >= 11 is 0. The fourth-order valence-electron chi connectivity index (χ4n) is 4.67. The van der Waals surface area contributed by atoms with Crippen LogP contribution in [0, 0.1) is 5.92 Å². The molecule has 160 valence electrons. The van der Waals surface area contributed by atoms with Gasteiger partial charge in [0, 0.05) is 50.4 Å². The first-order valence-electron chi connectivity index (χ1n) is 10.7. The Hall–Kier alpha value is -3.25. The summed E-state index contributed by atoms with van der Waals surface area (Å²) in [5, 5.41) is 0. The fourth-order valence-corrected chi connectivity index (χ4v) is 4.67. The lowest BCUT2D eigenvalue weighted by Crippen LogP contribution is -2.57. The summed E-state index contributed by atoms with van der Waals surface area (Å²) in [6, 6.07) is 13.9. The average molecular weight is 417 g/mol. The molecule has 6 heteroatoms. The van der Waals surface area contributed by atoms with Gasteiger partial charge in [-0.2, -0.15) is 0 Å². The number of amides is 2.